The first kappa shape index (κ1) is 35.7. The molecular formula is C53H36N2OP2S. The molecule has 0 aliphatic carbocycles. The highest BCUT2D eigenvalue weighted by Gasteiger charge is 2.30. The summed E-state index contributed by atoms with van der Waals surface area (Å²) in [5, 5.41) is 11.5. The van der Waals surface area contributed by atoms with Gasteiger partial charge < -0.3 is 4.57 Å². The predicted octanol–water partition coefficient (Wildman–Crippen LogP) is 11.0. The van der Waals surface area contributed by atoms with Crippen molar-refractivity contribution in [2.24, 2.45) is 0 Å². The molecule has 0 atom stereocenters. The van der Waals surface area contributed by atoms with Gasteiger partial charge in [-0.2, -0.15) is 0 Å². The smallest absolute Gasteiger partial charge is 0.171 e. The molecular weight excluding hydrogens is 775 g/mol. The minimum Gasteiger partial charge on any atom is -0.309 e. The van der Waals surface area contributed by atoms with E-state index in [0.717, 1.165) is 76.1 Å². The molecule has 59 heavy (non-hydrogen) atoms. The minimum absolute atomic E-state index is 0.826. The highest BCUT2D eigenvalue weighted by Crippen LogP contribution is 2.45. The number of rotatable bonds is 7. The van der Waals surface area contributed by atoms with Crippen LogP contribution in [0.4, 0.5) is 0 Å². The average molecular weight is 811 g/mol. The molecule has 0 unspecified atom stereocenters. The van der Waals surface area contributed by atoms with Gasteiger partial charge in [0.2, 0.25) is 0 Å². The lowest BCUT2D eigenvalue weighted by atomic mass is 9.98. The van der Waals surface area contributed by atoms with Crippen LogP contribution in [-0.4, -0.2) is 9.38 Å². The van der Waals surface area contributed by atoms with Crippen molar-refractivity contribution in [1.82, 2.24) is 9.38 Å². The Morgan fingerprint density at radius 3 is 1.54 bits per heavy atom. The molecule has 2 aromatic heterocycles. The summed E-state index contributed by atoms with van der Waals surface area (Å²) in [6.45, 7) is 0. The van der Waals surface area contributed by atoms with E-state index in [2.05, 4.69) is 156 Å². The van der Waals surface area contributed by atoms with Gasteiger partial charge >= 0.3 is 0 Å². The number of hydrogen-bond acceptors (Lipinski definition) is 3. The highest BCUT2D eigenvalue weighted by molar-refractivity contribution is 8.25. The fourth-order valence-corrected chi connectivity index (χ4v) is 15.2. The Morgan fingerprint density at radius 2 is 0.898 bits per heavy atom. The van der Waals surface area contributed by atoms with Crippen LogP contribution in [0.2, 0.25) is 0 Å². The molecule has 0 bridgehead atoms. The average Bonchev–Trinajstić information content (AvgIpc) is 3.71. The topological polar surface area (TPSA) is 34.4 Å². The zero-order chi connectivity index (χ0) is 39.6. The van der Waals surface area contributed by atoms with Gasteiger partial charge in [-0.05, 0) is 73.5 Å². The normalized spacial score (nSPS) is 12.2. The van der Waals surface area contributed by atoms with Crippen molar-refractivity contribution in [3.8, 4) is 11.1 Å². The van der Waals surface area contributed by atoms with Crippen LogP contribution in [0.1, 0.15) is 0 Å². The molecule has 0 saturated carbocycles. The van der Waals surface area contributed by atoms with E-state index >= 15 is 4.57 Å². The summed E-state index contributed by atoms with van der Waals surface area (Å²) >= 11 is 6.80. The summed E-state index contributed by atoms with van der Waals surface area (Å²) in [6.07, 6.45) is 0. The van der Waals surface area contributed by atoms with Crippen molar-refractivity contribution in [2.45, 2.75) is 0 Å². The predicted molar refractivity (Wildman–Crippen MR) is 256 cm³/mol. The van der Waals surface area contributed by atoms with Crippen molar-refractivity contribution in [2.75, 3.05) is 0 Å². The molecule has 0 radical (unpaired) electrons. The Hall–Kier alpha value is -6.41. The van der Waals surface area contributed by atoms with Gasteiger partial charge in [-0.15, -0.1) is 0 Å². The molecule has 11 aromatic rings. The van der Waals surface area contributed by atoms with Crippen LogP contribution in [0.3, 0.4) is 0 Å². The molecule has 6 heteroatoms. The number of hydrogen-bond donors (Lipinski definition) is 0. The van der Waals surface area contributed by atoms with Gasteiger partial charge in [0.05, 0.1) is 16.6 Å². The Kier molecular flexibility index (Phi) is 8.57. The van der Waals surface area contributed by atoms with Crippen molar-refractivity contribution >= 4 is 106 Å². The van der Waals surface area contributed by atoms with E-state index in [-0.39, 0.29) is 0 Å². The maximum Gasteiger partial charge on any atom is 0.171 e. The monoisotopic (exact) mass is 810 g/mol. The molecule has 0 fully saturated rings. The third-order valence-corrected chi connectivity index (χ3v) is 19.7. The Labute approximate surface area is 347 Å². The van der Waals surface area contributed by atoms with Gasteiger partial charge in [-0.3, -0.25) is 4.40 Å². The first-order chi connectivity index (χ1) is 29.0. The number of nitrogens with zero attached hydrogens (tertiary/aromatic N) is 2. The van der Waals surface area contributed by atoms with E-state index in [9.17, 15) is 0 Å². The molecule has 11 rings (SSSR count). The van der Waals surface area contributed by atoms with Gasteiger partial charge in [0, 0.05) is 32.7 Å². The van der Waals surface area contributed by atoms with Gasteiger partial charge in [-0.1, -0.05) is 200 Å². The SMILES string of the molecule is O=P(c1ccccc1)(c1ccccc1)c1ccc2cc(-c3ccc4c5ccccc5c5nc6ccc(P(=S)(c7ccccc7)c7ccccc7)cc6n5c4c3)ccc2c1. The molecule has 0 spiro atoms. The zero-order valence-corrected chi connectivity index (χ0v) is 34.5. The van der Waals surface area contributed by atoms with E-state index in [1.165, 1.54) is 16.0 Å². The summed E-state index contributed by atoms with van der Waals surface area (Å²) in [4.78, 5) is 5.30. The molecule has 0 amide bonds. The summed E-state index contributed by atoms with van der Waals surface area (Å²) in [7, 11) is -3.10. The number of benzene rings is 9. The summed E-state index contributed by atoms with van der Waals surface area (Å²) in [5.41, 5.74) is 6.21. The van der Waals surface area contributed by atoms with Crippen molar-refractivity contribution < 1.29 is 4.57 Å². The Balaban J connectivity index is 1.09. The molecule has 9 aromatic carbocycles. The van der Waals surface area contributed by atoms with E-state index in [1.807, 2.05) is 66.7 Å². The fraction of sp³-hybridized carbons (Fsp3) is 0. The van der Waals surface area contributed by atoms with E-state index in [1.54, 1.807) is 0 Å². The van der Waals surface area contributed by atoms with E-state index in [4.69, 9.17) is 16.8 Å². The minimum atomic E-state index is -3.10. The maximum atomic E-state index is 15.2. The molecule has 0 N–H and O–H groups in total. The van der Waals surface area contributed by atoms with E-state index < -0.39 is 13.2 Å². The van der Waals surface area contributed by atoms with Crippen LogP contribution in [0.5, 0.6) is 0 Å². The van der Waals surface area contributed by atoms with Crippen LogP contribution < -0.4 is 31.8 Å². The Bertz CT molecular complexity index is 3410. The van der Waals surface area contributed by atoms with E-state index in [0.29, 0.717) is 0 Å². The van der Waals surface area contributed by atoms with Crippen molar-refractivity contribution in [3.63, 3.8) is 0 Å². The van der Waals surface area contributed by atoms with Crippen LogP contribution in [-0.2, 0) is 16.4 Å². The largest absolute Gasteiger partial charge is 0.309 e. The number of imidazole rings is 1. The van der Waals surface area contributed by atoms with Gasteiger partial charge in [0.25, 0.3) is 0 Å². The lowest BCUT2D eigenvalue weighted by Crippen LogP contribution is -2.24. The molecule has 280 valence electrons. The lowest BCUT2D eigenvalue weighted by Gasteiger charge is -2.24. The van der Waals surface area contributed by atoms with Crippen LogP contribution in [0.15, 0.2) is 218 Å². The number of pyridine rings is 1. The lowest BCUT2D eigenvalue weighted by molar-refractivity contribution is 0.592. The summed E-state index contributed by atoms with van der Waals surface area (Å²) in [6, 6.07) is 73.4. The second-order valence-corrected chi connectivity index (χ2v) is 22.2. The van der Waals surface area contributed by atoms with Gasteiger partial charge in [-0.25, -0.2) is 4.98 Å². The summed E-state index contributed by atoms with van der Waals surface area (Å²) in [5.74, 6) is 0. The van der Waals surface area contributed by atoms with Crippen LogP contribution in [0.25, 0.3) is 60.3 Å². The Morgan fingerprint density at radius 1 is 0.390 bits per heavy atom. The zero-order valence-electron chi connectivity index (χ0n) is 31.9. The molecule has 0 aliphatic rings. The third kappa shape index (κ3) is 5.75. The quantitative estimate of drug-likeness (QED) is 0.119. The van der Waals surface area contributed by atoms with Crippen molar-refractivity contribution in [1.29, 1.82) is 0 Å². The first-order valence-electron chi connectivity index (χ1n) is 19.7. The van der Waals surface area contributed by atoms with Crippen LogP contribution in [0, 0.1) is 0 Å². The second-order valence-electron chi connectivity index (χ2n) is 15.0. The molecule has 3 nitrogen and oxygen atoms in total. The van der Waals surface area contributed by atoms with Gasteiger partial charge in [0.1, 0.15) is 5.65 Å². The molecule has 2 heterocycles. The molecule has 0 saturated heterocycles. The highest BCUT2D eigenvalue weighted by atomic mass is 32.4. The third-order valence-electron chi connectivity index (χ3n) is 11.7. The number of aromatic nitrogens is 2. The first-order valence-corrected chi connectivity index (χ1v) is 24.3. The van der Waals surface area contributed by atoms with Gasteiger partial charge in [0.15, 0.2) is 7.14 Å². The molecule has 0 aliphatic heterocycles. The summed E-state index contributed by atoms with van der Waals surface area (Å²) < 4.78 is 17.5. The van der Waals surface area contributed by atoms with Crippen molar-refractivity contribution in [3.05, 3.63) is 218 Å². The van der Waals surface area contributed by atoms with Crippen LogP contribution >= 0.6 is 13.2 Å². The fourth-order valence-electron chi connectivity index (χ4n) is 8.78. The standard InChI is InChI=1S/C53H36N2OP2S/c56-57(41-15-5-1-6-16-41,42-17-7-2-8-18-42)45-29-27-38-33-37(25-26-39(38)34-45)40-28-31-48-47-23-13-14-24-49(47)53-54-50-32-30-46(36-52(50)55(53)51(48)35-40)58(59,43-19-9-3-10-20-43)44-21-11-4-12-22-44/h1-36H. The number of fused-ring (bicyclic) bond motifs is 9. The maximum absolute atomic E-state index is 15.2. The second kappa shape index (κ2) is 14.2.